The van der Waals surface area contributed by atoms with Gasteiger partial charge >= 0.3 is 12.1 Å². The Balaban J connectivity index is 3.51. The third-order valence-corrected chi connectivity index (χ3v) is 2.36. The Morgan fingerprint density at radius 3 is 1.56 bits per heavy atom. The molecule has 98 valence electrons. The standard InChI is InChI=1S/C10H18F5N/c11-9(12,10(13,14)15)7-5-3-1-2-4-6-8-16/h1-8,16H2. The van der Waals surface area contributed by atoms with E-state index in [-0.39, 0.29) is 6.42 Å². The Morgan fingerprint density at radius 2 is 1.12 bits per heavy atom. The summed E-state index contributed by atoms with van der Waals surface area (Å²) in [5.41, 5.74) is 5.25. The summed E-state index contributed by atoms with van der Waals surface area (Å²) < 4.78 is 60.1. The molecule has 0 saturated heterocycles. The summed E-state index contributed by atoms with van der Waals surface area (Å²) in [5, 5.41) is 0. The van der Waals surface area contributed by atoms with Crippen molar-refractivity contribution in [2.75, 3.05) is 6.54 Å². The van der Waals surface area contributed by atoms with Crippen molar-refractivity contribution in [2.24, 2.45) is 5.73 Å². The van der Waals surface area contributed by atoms with Gasteiger partial charge in [0.2, 0.25) is 0 Å². The van der Waals surface area contributed by atoms with Crippen molar-refractivity contribution in [3.05, 3.63) is 0 Å². The predicted molar refractivity (Wildman–Crippen MR) is 52.4 cm³/mol. The van der Waals surface area contributed by atoms with Gasteiger partial charge in [0.05, 0.1) is 0 Å². The summed E-state index contributed by atoms with van der Waals surface area (Å²) in [6.07, 6.45) is -2.88. The SMILES string of the molecule is NCCCCCCCCC(F)(F)C(F)(F)F. The smallest absolute Gasteiger partial charge is 0.330 e. The molecule has 16 heavy (non-hydrogen) atoms. The van der Waals surface area contributed by atoms with E-state index in [1.54, 1.807) is 0 Å². The van der Waals surface area contributed by atoms with Crippen molar-refractivity contribution in [1.82, 2.24) is 0 Å². The minimum absolute atomic E-state index is 0.0882. The quantitative estimate of drug-likeness (QED) is 0.511. The zero-order valence-electron chi connectivity index (χ0n) is 9.12. The van der Waals surface area contributed by atoms with Crippen molar-refractivity contribution in [2.45, 2.75) is 57.0 Å². The maximum Gasteiger partial charge on any atom is 0.453 e. The van der Waals surface area contributed by atoms with Gasteiger partial charge < -0.3 is 5.73 Å². The van der Waals surface area contributed by atoms with Gasteiger partial charge in [-0.15, -0.1) is 0 Å². The highest BCUT2D eigenvalue weighted by Gasteiger charge is 2.56. The maximum atomic E-state index is 12.4. The van der Waals surface area contributed by atoms with Gasteiger partial charge in [0.1, 0.15) is 0 Å². The van der Waals surface area contributed by atoms with E-state index in [9.17, 15) is 22.0 Å². The molecule has 0 unspecified atom stereocenters. The second-order valence-electron chi connectivity index (χ2n) is 3.86. The second-order valence-corrected chi connectivity index (χ2v) is 3.86. The van der Waals surface area contributed by atoms with Crippen LogP contribution in [0.2, 0.25) is 0 Å². The van der Waals surface area contributed by atoms with Crippen LogP contribution >= 0.6 is 0 Å². The molecule has 1 nitrogen and oxygen atoms in total. The molecular formula is C10H18F5N. The molecule has 0 aliphatic rings. The summed E-state index contributed by atoms with van der Waals surface area (Å²) >= 11 is 0. The predicted octanol–water partition coefficient (Wildman–Crippen LogP) is 3.87. The van der Waals surface area contributed by atoms with Crippen LogP contribution in [0.4, 0.5) is 22.0 Å². The van der Waals surface area contributed by atoms with Crippen LogP contribution in [0.1, 0.15) is 44.9 Å². The molecule has 0 aromatic carbocycles. The molecule has 0 rings (SSSR count). The molecule has 0 aliphatic heterocycles. The summed E-state index contributed by atoms with van der Waals surface area (Å²) in [7, 11) is 0. The van der Waals surface area contributed by atoms with Gasteiger partial charge in [-0.05, 0) is 19.4 Å². The summed E-state index contributed by atoms with van der Waals surface area (Å²) in [4.78, 5) is 0. The number of nitrogens with two attached hydrogens (primary N) is 1. The summed E-state index contributed by atoms with van der Waals surface area (Å²) in [6, 6.07) is 0. The first-order valence-corrected chi connectivity index (χ1v) is 5.46. The highest BCUT2D eigenvalue weighted by molar-refractivity contribution is 4.75. The fraction of sp³-hybridized carbons (Fsp3) is 1.00. The van der Waals surface area contributed by atoms with Crippen LogP contribution in [0.3, 0.4) is 0 Å². The molecule has 0 fully saturated rings. The van der Waals surface area contributed by atoms with Crippen LogP contribution in [0.25, 0.3) is 0 Å². The Labute approximate surface area is 92.2 Å². The minimum Gasteiger partial charge on any atom is -0.330 e. The molecule has 0 radical (unpaired) electrons. The first-order chi connectivity index (χ1) is 7.31. The summed E-state index contributed by atoms with van der Waals surface area (Å²) in [5.74, 6) is -4.54. The Morgan fingerprint density at radius 1 is 0.688 bits per heavy atom. The number of rotatable bonds is 8. The molecule has 6 heteroatoms. The molecule has 0 aromatic heterocycles. The molecule has 0 spiro atoms. The number of hydrogen-bond donors (Lipinski definition) is 1. The van der Waals surface area contributed by atoms with E-state index in [1.165, 1.54) is 0 Å². The van der Waals surface area contributed by atoms with Crippen LogP contribution in [-0.2, 0) is 0 Å². The average Bonchev–Trinajstić information content (AvgIpc) is 2.14. The minimum atomic E-state index is -5.41. The molecule has 0 aromatic rings. The third kappa shape index (κ3) is 6.25. The molecule has 0 amide bonds. The van der Waals surface area contributed by atoms with Crippen molar-refractivity contribution in [3.63, 3.8) is 0 Å². The monoisotopic (exact) mass is 247 g/mol. The van der Waals surface area contributed by atoms with Crippen LogP contribution in [0.15, 0.2) is 0 Å². The van der Waals surface area contributed by atoms with Gasteiger partial charge in [-0.1, -0.05) is 25.7 Å². The number of hydrogen-bond acceptors (Lipinski definition) is 1. The van der Waals surface area contributed by atoms with Crippen LogP contribution in [0, 0.1) is 0 Å². The van der Waals surface area contributed by atoms with Gasteiger partial charge in [0, 0.05) is 6.42 Å². The van der Waals surface area contributed by atoms with Crippen molar-refractivity contribution < 1.29 is 22.0 Å². The normalized spacial score (nSPS) is 13.1. The maximum absolute atomic E-state index is 12.4. The fourth-order valence-electron chi connectivity index (χ4n) is 1.34. The lowest BCUT2D eigenvalue weighted by molar-refractivity contribution is -0.284. The van der Waals surface area contributed by atoms with Crippen molar-refractivity contribution in [3.8, 4) is 0 Å². The highest BCUT2D eigenvalue weighted by Crippen LogP contribution is 2.39. The third-order valence-electron chi connectivity index (χ3n) is 2.36. The Kier molecular flexibility index (Phi) is 6.87. The molecule has 0 heterocycles. The van der Waals surface area contributed by atoms with E-state index in [0.717, 1.165) is 19.3 Å². The largest absolute Gasteiger partial charge is 0.453 e. The molecule has 0 atom stereocenters. The van der Waals surface area contributed by atoms with Crippen LogP contribution < -0.4 is 5.73 Å². The van der Waals surface area contributed by atoms with E-state index in [1.807, 2.05) is 0 Å². The van der Waals surface area contributed by atoms with E-state index in [4.69, 9.17) is 5.73 Å². The van der Waals surface area contributed by atoms with Gasteiger partial charge in [0.25, 0.3) is 0 Å². The van der Waals surface area contributed by atoms with Gasteiger partial charge in [-0.2, -0.15) is 22.0 Å². The Bertz CT molecular complexity index is 179. The summed E-state index contributed by atoms with van der Waals surface area (Å²) in [6.45, 7) is 0.589. The zero-order chi connectivity index (χ0) is 12.7. The number of alkyl halides is 5. The molecular weight excluding hydrogens is 229 g/mol. The van der Waals surface area contributed by atoms with Gasteiger partial charge in [0.15, 0.2) is 0 Å². The van der Waals surface area contributed by atoms with Gasteiger partial charge in [-0.25, -0.2) is 0 Å². The molecule has 0 bridgehead atoms. The van der Waals surface area contributed by atoms with Crippen LogP contribution in [0.5, 0.6) is 0 Å². The fourth-order valence-corrected chi connectivity index (χ4v) is 1.34. The Hall–Kier alpha value is -0.390. The molecule has 0 saturated carbocycles. The zero-order valence-corrected chi connectivity index (χ0v) is 9.12. The molecule has 0 aliphatic carbocycles. The van der Waals surface area contributed by atoms with Crippen LogP contribution in [-0.4, -0.2) is 18.6 Å². The van der Waals surface area contributed by atoms with E-state index in [2.05, 4.69) is 0 Å². The lowest BCUT2D eigenvalue weighted by Crippen LogP contribution is -2.36. The van der Waals surface area contributed by atoms with Gasteiger partial charge in [-0.3, -0.25) is 0 Å². The van der Waals surface area contributed by atoms with Crippen molar-refractivity contribution in [1.29, 1.82) is 0 Å². The second kappa shape index (κ2) is 7.04. The number of halogens is 5. The first kappa shape index (κ1) is 15.6. The highest BCUT2D eigenvalue weighted by atomic mass is 19.4. The lowest BCUT2D eigenvalue weighted by atomic mass is 10.1. The molecule has 2 N–H and O–H groups in total. The van der Waals surface area contributed by atoms with E-state index in [0.29, 0.717) is 19.4 Å². The van der Waals surface area contributed by atoms with Crippen molar-refractivity contribution >= 4 is 0 Å². The number of unbranched alkanes of at least 4 members (excludes halogenated alkanes) is 5. The lowest BCUT2D eigenvalue weighted by Gasteiger charge is -2.19. The van der Waals surface area contributed by atoms with E-state index >= 15 is 0 Å². The average molecular weight is 247 g/mol. The van der Waals surface area contributed by atoms with E-state index < -0.39 is 18.5 Å². The first-order valence-electron chi connectivity index (χ1n) is 5.46. The topological polar surface area (TPSA) is 26.0 Å².